The Balaban J connectivity index is 1.79. The van der Waals surface area contributed by atoms with Gasteiger partial charge in [0.05, 0.1) is 16.1 Å². The minimum Gasteiger partial charge on any atom is -0.345 e. The van der Waals surface area contributed by atoms with E-state index in [2.05, 4.69) is 9.97 Å². The molecule has 2 aromatic carbocycles. The van der Waals surface area contributed by atoms with Crippen LogP contribution in [0.4, 0.5) is 14.5 Å². The van der Waals surface area contributed by atoms with Gasteiger partial charge in [-0.05, 0) is 42.3 Å². The summed E-state index contributed by atoms with van der Waals surface area (Å²) in [6, 6.07) is 9.11. The van der Waals surface area contributed by atoms with Crippen molar-refractivity contribution in [3.8, 4) is 11.1 Å². The van der Waals surface area contributed by atoms with Gasteiger partial charge in [0, 0.05) is 35.5 Å². The molecule has 4 aromatic rings. The number of halogens is 2. The number of fused-ring (bicyclic) bond motifs is 1. The molecular weight excluding hydrogens is 514 g/mol. The fraction of sp³-hybridized carbons (Fsp3) is 0.130. The predicted molar refractivity (Wildman–Crippen MR) is 131 cm³/mol. The number of ketones is 1. The first-order valence-corrected chi connectivity index (χ1v) is 13.2. The lowest BCUT2D eigenvalue weighted by molar-refractivity contribution is 0.103. The van der Waals surface area contributed by atoms with E-state index in [0.717, 1.165) is 16.4 Å². The molecule has 0 saturated heterocycles. The number of pyridine rings is 1. The number of anilines is 1. The summed E-state index contributed by atoms with van der Waals surface area (Å²) in [4.78, 5) is 20.3. The van der Waals surface area contributed by atoms with Gasteiger partial charge in [0.1, 0.15) is 11.5 Å². The SMILES string of the molecule is CCCN(c1ccc(F)c(C(=O)c2c[nH]c3ncc(-c4ccc(S(N)(=O)=O)cc4)cc23)c1F)S(=O)O. The van der Waals surface area contributed by atoms with Crippen LogP contribution in [0.1, 0.15) is 29.3 Å². The van der Waals surface area contributed by atoms with Crippen molar-refractivity contribution < 1.29 is 30.8 Å². The molecule has 9 nitrogen and oxygen atoms in total. The Morgan fingerprint density at radius 3 is 2.47 bits per heavy atom. The summed E-state index contributed by atoms with van der Waals surface area (Å²) in [6.45, 7) is 1.72. The number of nitrogens with one attached hydrogen (secondary N) is 1. The Labute approximate surface area is 207 Å². The Bertz CT molecular complexity index is 1610. The molecule has 4 N–H and O–H groups in total. The molecule has 0 aliphatic rings. The van der Waals surface area contributed by atoms with E-state index in [1.54, 1.807) is 13.0 Å². The van der Waals surface area contributed by atoms with Crippen molar-refractivity contribution in [2.45, 2.75) is 18.2 Å². The molecule has 0 spiro atoms. The zero-order valence-corrected chi connectivity index (χ0v) is 20.4. The molecule has 1 atom stereocenters. The average molecular weight is 535 g/mol. The number of rotatable bonds is 8. The summed E-state index contributed by atoms with van der Waals surface area (Å²) in [6.07, 6.45) is 3.16. The number of carbonyl (C=O) groups excluding carboxylic acids is 1. The molecule has 0 aliphatic heterocycles. The highest BCUT2D eigenvalue weighted by molar-refractivity contribution is 7.89. The summed E-state index contributed by atoms with van der Waals surface area (Å²) >= 11 is -2.59. The van der Waals surface area contributed by atoms with Gasteiger partial charge in [-0.1, -0.05) is 19.1 Å². The molecule has 4 rings (SSSR count). The third kappa shape index (κ3) is 4.78. The fourth-order valence-corrected chi connectivity index (χ4v) is 4.91. The number of benzene rings is 2. The Morgan fingerprint density at radius 1 is 1.17 bits per heavy atom. The van der Waals surface area contributed by atoms with Crippen LogP contribution in [-0.4, -0.2) is 39.5 Å². The van der Waals surface area contributed by atoms with Gasteiger partial charge in [0.25, 0.3) is 11.3 Å². The van der Waals surface area contributed by atoms with E-state index >= 15 is 4.39 Å². The Kier molecular flexibility index (Phi) is 7.00. The second-order valence-corrected chi connectivity index (χ2v) is 10.3. The number of nitrogens with zero attached hydrogens (tertiary/aromatic N) is 2. The smallest absolute Gasteiger partial charge is 0.261 e. The lowest BCUT2D eigenvalue weighted by atomic mass is 9.99. The third-order valence-electron chi connectivity index (χ3n) is 5.47. The summed E-state index contributed by atoms with van der Waals surface area (Å²) in [7, 11) is -3.88. The number of aromatic nitrogens is 2. The topological polar surface area (TPSA) is 146 Å². The summed E-state index contributed by atoms with van der Waals surface area (Å²) in [5.74, 6) is -3.37. The second kappa shape index (κ2) is 9.85. The predicted octanol–water partition coefficient (Wildman–Crippen LogP) is 3.74. The van der Waals surface area contributed by atoms with Gasteiger partial charge >= 0.3 is 0 Å². The van der Waals surface area contributed by atoms with Gasteiger partial charge in [0.2, 0.25) is 15.8 Å². The van der Waals surface area contributed by atoms with E-state index in [1.807, 2.05) is 0 Å². The van der Waals surface area contributed by atoms with Crippen molar-refractivity contribution in [1.29, 1.82) is 0 Å². The third-order valence-corrected chi connectivity index (χ3v) is 7.16. The molecule has 1 unspecified atom stereocenters. The highest BCUT2D eigenvalue weighted by Crippen LogP contribution is 2.31. The summed E-state index contributed by atoms with van der Waals surface area (Å²) < 4.78 is 75.1. The van der Waals surface area contributed by atoms with Gasteiger partial charge in [-0.25, -0.2) is 31.5 Å². The van der Waals surface area contributed by atoms with Crippen LogP contribution in [0.25, 0.3) is 22.2 Å². The van der Waals surface area contributed by atoms with Crippen LogP contribution in [0.5, 0.6) is 0 Å². The van der Waals surface area contributed by atoms with Gasteiger partial charge in [-0.3, -0.25) is 13.7 Å². The zero-order chi connectivity index (χ0) is 26.2. The number of hydrogen-bond donors (Lipinski definition) is 3. The summed E-state index contributed by atoms with van der Waals surface area (Å²) in [5, 5.41) is 5.40. The number of primary sulfonamides is 1. The van der Waals surface area contributed by atoms with E-state index in [1.165, 1.54) is 36.7 Å². The fourth-order valence-electron chi connectivity index (χ4n) is 3.75. The molecule has 2 aromatic heterocycles. The van der Waals surface area contributed by atoms with Gasteiger partial charge in [-0.2, -0.15) is 0 Å². The Morgan fingerprint density at radius 2 is 1.86 bits per heavy atom. The van der Waals surface area contributed by atoms with Crippen molar-refractivity contribution in [3.05, 3.63) is 77.6 Å². The first-order valence-electron chi connectivity index (χ1n) is 10.5. The largest absolute Gasteiger partial charge is 0.345 e. The molecule has 0 aliphatic carbocycles. The highest BCUT2D eigenvalue weighted by atomic mass is 32.2. The lowest BCUT2D eigenvalue weighted by Crippen LogP contribution is -2.27. The molecule has 188 valence electrons. The molecule has 2 heterocycles. The van der Waals surface area contributed by atoms with Crippen LogP contribution in [-0.2, 0) is 21.3 Å². The molecule has 0 amide bonds. The number of aromatic amines is 1. The minimum absolute atomic E-state index is 0.00388. The number of nitrogens with two attached hydrogens (primary N) is 1. The van der Waals surface area contributed by atoms with Gasteiger partial charge in [0.15, 0.2) is 5.82 Å². The van der Waals surface area contributed by atoms with E-state index in [-0.39, 0.29) is 33.7 Å². The first kappa shape index (κ1) is 25.6. The van der Waals surface area contributed by atoms with E-state index in [9.17, 15) is 26.4 Å². The molecule has 36 heavy (non-hydrogen) atoms. The van der Waals surface area contributed by atoms with Crippen LogP contribution in [0, 0.1) is 11.6 Å². The van der Waals surface area contributed by atoms with E-state index < -0.39 is 44.3 Å². The van der Waals surface area contributed by atoms with Crippen LogP contribution in [0.3, 0.4) is 0 Å². The van der Waals surface area contributed by atoms with Crippen LogP contribution in [0.2, 0.25) is 0 Å². The maximum Gasteiger partial charge on any atom is 0.261 e. The van der Waals surface area contributed by atoms with Crippen LogP contribution < -0.4 is 9.44 Å². The lowest BCUT2D eigenvalue weighted by Gasteiger charge is -2.20. The molecular formula is C23H20F2N4O5S2. The van der Waals surface area contributed by atoms with Crippen molar-refractivity contribution in [1.82, 2.24) is 9.97 Å². The van der Waals surface area contributed by atoms with E-state index in [4.69, 9.17) is 5.14 Å². The monoisotopic (exact) mass is 534 g/mol. The Hall–Kier alpha value is -3.52. The number of hydrogen-bond acceptors (Lipinski definition) is 5. The van der Waals surface area contributed by atoms with Gasteiger partial charge < -0.3 is 4.98 Å². The molecule has 0 bridgehead atoms. The van der Waals surface area contributed by atoms with Crippen molar-refractivity contribution in [2.24, 2.45) is 5.14 Å². The van der Waals surface area contributed by atoms with E-state index in [0.29, 0.717) is 17.5 Å². The molecule has 0 radical (unpaired) electrons. The van der Waals surface area contributed by atoms with Gasteiger partial charge in [-0.15, -0.1) is 0 Å². The first-order chi connectivity index (χ1) is 17.0. The molecule has 13 heteroatoms. The standard InChI is InChI=1S/C23H20F2N4O5S2/c1-2-9-29(35(31)32)19-8-7-18(24)20(21(19)25)22(30)17-12-28-23-16(17)10-14(11-27-23)13-3-5-15(6-4-13)36(26,33)34/h3-8,10-12H,2,9H2,1H3,(H,27,28)(H,31,32)(H2,26,33,34). The quantitative estimate of drug-likeness (QED) is 0.232. The van der Waals surface area contributed by atoms with Crippen molar-refractivity contribution in [2.75, 3.05) is 10.8 Å². The second-order valence-electron chi connectivity index (χ2n) is 7.81. The van der Waals surface area contributed by atoms with Crippen molar-refractivity contribution in [3.63, 3.8) is 0 Å². The highest BCUT2D eigenvalue weighted by Gasteiger charge is 2.27. The zero-order valence-electron chi connectivity index (χ0n) is 18.7. The normalized spacial score (nSPS) is 12.6. The number of carbonyl (C=O) groups is 1. The maximum absolute atomic E-state index is 15.4. The number of H-pyrrole nitrogens is 1. The van der Waals surface area contributed by atoms with Crippen molar-refractivity contribution >= 4 is 43.8 Å². The molecule has 0 fully saturated rings. The average Bonchev–Trinajstić information content (AvgIpc) is 3.26. The molecule has 0 saturated carbocycles. The van der Waals surface area contributed by atoms with Crippen LogP contribution >= 0.6 is 0 Å². The minimum atomic E-state index is -3.88. The summed E-state index contributed by atoms with van der Waals surface area (Å²) in [5.41, 5.74) is 0.0406. The van der Waals surface area contributed by atoms with Crippen LogP contribution in [0.15, 0.2) is 59.8 Å². The maximum atomic E-state index is 15.4. The number of sulfonamides is 1.